The van der Waals surface area contributed by atoms with Gasteiger partial charge in [-0.15, -0.1) is 0 Å². The number of Topliss-reactive ketones (excluding diaryl/α,β-unsaturated/α-hetero) is 2. The number of carbonyl (C=O) groups excluding carboxylic acids is 2. The molecule has 2 aliphatic rings. The fourth-order valence-corrected chi connectivity index (χ4v) is 5.64. The van der Waals surface area contributed by atoms with Crippen LogP contribution in [0.3, 0.4) is 0 Å². The van der Waals surface area contributed by atoms with Crippen molar-refractivity contribution in [3.8, 4) is 5.75 Å². The van der Waals surface area contributed by atoms with Crippen LogP contribution in [0.2, 0.25) is 0 Å². The molecular formula is C28H33NO4. The van der Waals surface area contributed by atoms with Crippen molar-refractivity contribution < 1.29 is 18.7 Å². The van der Waals surface area contributed by atoms with Crippen LogP contribution in [0.5, 0.6) is 5.75 Å². The highest BCUT2D eigenvalue weighted by atomic mass is 16.5. The highest BCUT2D eigenvalue weighted by molar-refractivity contribution is 6.11. The Morgan fingerprint density at radius 1 is 1.06 bits per heavy atom. The molecule has 2 fully saturated rings. The van der Waals surface area contributed by atoms with Crippen molar-refractivity contribution >= 4 is 33.3 Å². The van der Waals surface area contributed by atoms with Crippen molar-refractivity contribution in [2.24, 2.45) is 5.92 Å². The number of nitrogens with zero attached hydrogens (tertiary/aromatic N) is 1. The fraction of sp³-hybridized carbons (Fsp3) is 0.500. The summed E-state index contributed by atoms with van der Waals surface area (Å²) in [7, 11) is 2.19. The number of furan rings is 1. The summed E-state index contributed by atoms with van der Waals surface area (Å²) in [5, 5.41) is 3.11. The minimum absolute atomic E-state index is 0.00301. The van der Waals surface area contributed by atoms with Crippen LogP contribution in [0.25, 0.3) is 21.7 Å². The number of ether oxygens (including phenoxy) is 1. The number of likely N-dealkylation sites (N-methyl/N-ethyl adjacent to an activating group) is 1. The average Bonchev–Trinajstić information content (AvgIpc) is 3.24. The molecule has 3 aromatic rings. The van der Waals surface area contributed by atoms with E-state index in [1.807, 2.05) is 18.2 Å². The van der Waals surface area contributed by atoms with Gasteiger partial charge in [-0.25, -0.2) is 0 Å². The standard InChI is InChI=1S/C28H33NO4/c1-29(17-19-5-3-2-4-6-19)13-14-32-22-9-11-23-20(15-22)7-12-27-28(23)25(18-33-27)24-10-8-21(30)16-26(24)31/h7,9,11-12,15,18-19,24H,2-6,8,10,13-14,16-17H2,1H3/t24-/m1/s1. The lowest BCUT2D eigenvalue weighted by atomic mass is 9.81. The molecule has 5 rings (SSSR count). The Morgan fingerprint density at radius 3 is 2.73 bits per heavy atom. The van der Waals surface area contributed by atoms with Crippen molar-refractivity contribution in [3.63, 3.8) is 0 Å². The maximum Gasteiger partial charge on any atom is 0.147 e. The zero-order chi connectivity index (χ0) is 22.8. The molecule has 0 saturated heterocycles. The molecule has 1 atom stereocenters. The Morgan fingerprint density at radius 2 is 1.91 bits per heavy atom. The van der Waals surface area contributed by atoms with E-state index in [1.165, 1.54) is 32.1 Å². The summed E-state index contributed by atoms with van der Waals surface area (Å²) >= 11 is 0. The SMILES string of the molecule is CN(CCOc1ccc2c(ccc3occ([C@H]4CCC(=O)CC4=O)c32)c1)CC1CCCCC1. The predicted octanol–water partition coefficient (Wildman–Crippen LogP) is 5.88. The summed E-state index contributed by atoms with van der Waals surface area (Å²) in [6.45, 7) is 2.74. The maximum absolute atomic E-state index is 12.5. The summed E-state index contributed by atoms with van der Waals surface area (Å²) < 4.78 is 11.9. The molecule has 5 heteroatoms. The van der Waals surface area contributed by atoms with Gasteiger partial charge in [0.2, 0.25) is 0 Å². The zero-order valence-electron chi connectivity index (χ0n) is 19.5. The third-order valence-corrected chi connectivity index (χ3v) is 7.44. The maximum atomic E-state index is 12.5. The Bertz CT molecular complexity index is 1160. The molecule has 0 spiro atoms. The molecule has 0 unspecified atom stereocenters. The lowest BCUT2D eigenvalue weighted by Gasteiger charge is -2.26. The highest BCUT2D eigenvalue weighted by Crippen LogP contribution is 2.39. The van der Waals surface area contributed by atoms with Crippen molar-refractivity contribution in [3.05, 3.63) is 42.2 Å². The van der Waals surface area contributed by atoms with Crippen LogP contribution in [0.1, 0.15) is 62.8 Å². The van der Waals surface area contributed by atoms with Gasteiger partial charge < -0.3 is 14.1 Å². The van der Waals surface area contributed by atoms with Gasteiger partial charge in [0.15, 0.2) is 0 Å². The van der Waals surface area contributed by atoms with Gasteiger partial charge in [0.25, 0.3) is 0 Å². The number of hydrogen-bond donors (Lipinski definition) is 0. The second kappa shape index (κ2) is 9.68. The third-order valence-electron chi connectivity index (χ3n) is 7.44. The van der Waals surface area contributed by atoms with Crippen LogP contribution in [-0.4, -0.2) is 43.2 Å². The number of rotatable bonds is 7. The molecule has 2 aliphatic carbocycles. The molecule has 174 valence electrons. The van der Waals surface area contributed by atoms with Crippen LogP contribution in [-0.2, 0) is 9.59 Å². The number of hydrogen-bond acceptors (Lipinski definition) is 5. The molecule has 0 amide bonds. The van der Waals surface area contributed by atoms with Crippen molar-refractivity contribution in [2.45, 2.75) is 57.3 Å². The first-order valence-corrected chi connectivity index (χ1v) is 12.4. The summed E-state index contributed by atoms with van der Waals surface area (Å²) in [6, 6.07) is 10.1. The van der Waals surface area contributed by atoms with E-state index in [1.54, 1.807) is 6.26 Å². The van der Waals surface area contributed by atoms with E-state index in [9.17, 15) is 9.59 Å². The number of carbonyl (C=O) groups is 2. The van der Waals surface area contributed by atoms with Gasteiger partial charge in [0, 0.05) is 36.4 Å². The zero-order valence-corrected chi connectivity index (χ0v) is 19.5. The average molecular weight is 448 g/mol. The molecule has 0 N–H and O–H groups in total. The molecule has 1 heterocycles. The molecule has 1 aromatic heterocycles. The molecule has 2 saturated carbocycles. The molecule has 0 bridgehead atoms. The minimum Gasteiger partial charge on any atom is -0.492 e. The third kappa shape index (κ3) is 4.84. The Labute approximate surface area is 195 Å². The van der Waals surface area contributed by atoms with Crippen LogP contribution in [0.4, 0.5) is 0 Å². The smallest absolute Gasteiger partial charge is 0.147 e. The first-order chi connectivity index (χ1) is 16.1. The van der Waals surface area contributed by atoms with Crippen molar-refractivity contribution in [1.29, 1.82) is 0 Å². The van der Waals surface area contributed by atoms with Crippen LogP contribution >= 0.6 is 0 Å². The van der Waals surface area contributed by atoms with E-state index in [2.05, 4.69) is 24.1 Å². The molecule has 0 radical (unpaired) electrons. The number of ketones is 2. The van der Waals surface area contributed by atoms with E-state index < -0.39 is 0 Å². The summed E-state index contributed by atoms with van der Waals surface area (Å²) in [5.74, 6) is 1.48. The van der Waals surface area contributed by atoms with E-state index >= 15 is 0 Å². The highest BCUT2D eigenvalue weighted by Gasteiger charge is 2.31. The van der Waals surface area contributed by atoms with Gasteiger partial charge in [-0.3, -0.25) is 9.59 Å². The van der Waals surface area contributed by atoms with Gasteiger partial charge in [-0.05, 0) is 67.3 Å². The number of benzene rings is 2. The Hall–Kier alpha value is -2.66. The summed E-state index contributed by atoms with van der Waals surface area (Å²) in [5.41, 5.74) is 1.69. The lowest BCUT2D eigenvalue weighted by molar-refractivity contribution is -0.130. The van der Waals surface area contributed by atoms with Gasteiger partial charge in [0.1, 0.15) is 29.5 Å². The molecule has 2 aromatic carbocycles. The van der Waals surface area contributed by atoms with Gasteiger partial charge >= 0.3 is 0 Å². The Kier molecular flexibility index (Phi) is 6.50. The van der Waals surface area contributed by atoms with Crippen molar-refractivity contribution in [2.75, 3.05) is 26.7 Å². The van der Waals surface area contributed by atoms with E-state index in [4.69, 9.17) is 9.15 Å². The quantitative estimate of drug-likeness (QED) is 0.423. The first-order valence-electron chi connectivity index (χ1n) is 12.4. The van der Waals surface area contributed by atoms with Gasteiger partial charge in [0.05, 0.1) is 12.7 Å². The molecule has 5 nitrogen and oxygen atoms in total. The normalized spacial score (nSPS) is 20.2. The predicted molar refractivity (Wildman–Crippen MR) is 130 cm³/mol. The largest absolute Gasteiger partial charge is 0.492 e. The topological polar surface area (TPSA) is 59.8 Å². The van der Waals surface area contributed by atoms with E-state index in [-0.39, 0.29) is 23.9 Å². The molecular weight excluding hydrogens is 414 g/mol. The van der Waals surface area contributed by atoms with Gasteiger partial charge in [-0.2, -0.15) is 0 Å². The fourth-order valence-electron chi connectivity index (χ4n) is 5.64. The van der Waals surface area contributed by atoms with Crippen LogP contribution < -0.4 is 4.74 Å². The number of fused-ring (bicyclic) bond motifs is 3. The molecule has 33 heavy (non-hydrogen) atoms. The first kappa shape index (κ1) is 22.1. The van der Waals surface area contributed by atoms with Crippen LogP contribution in [0.15, 0.2) is 41.0 Å². The van der Waals surface area contributed by atoms with Crippen LogP contribution in [0, 0.1) is 5.92 Å². The monoisotopic (exact) mass is 447 g/mol. The van der Waals surface area contributed by atoms with Crippen molar-refractivity contribution in [1.82, 2.24) is 4.90 Å². The Balaban J connectivity index is 1.29. The lowest BCUT2D eigenvalue weighted by Crippen LogP contribution is -2.30. The minimum atomic E-state index is -0.259. The summed E-state index contributed by atoms with van der Waals surface area (Å²) in [4.78, 5) is 26.6. The second-order valence-electron chi connectivity index (χ2n) is 9.90. The van der Waals surface area contributed by atoms with Gasteiger partial charge in [-0.1, -0.05) is 25.3 Å². The summed E-state index contributed by atoms with van der Waals surface area (Å²) in [6.07, 6.45) is 9.65. The second-order valence-corrected chi connectivity index (χ2v) is 9.90. The van der Waals surface area contributed by atoms with E-state index in [0.717, 1.165) is 52.1 Å². The van der Waals surface area contributed by atoms with E-state index in [0.29, 0.717) is 19.4 Å². The molecule has 0 aliphatic heterocycles.